The fraction of sp³-hybridized carbons (Fsp3) is 0.533. The van der Waals surface area contributed by atoms with Crippen molar-refractivity contribution in [2.75, 3.05) is 21.3 Å². The van der Waals surface area contributed by atoms with Gasteiger partial charge < -0.3 is 14.2 Å². The number of methoxy groups -OCH3 is 3. The Kier molecular flexibility index (Phi) is 7.15. The van der Waals surface area contributed by atoms with Crippen LogP contribution in [0.15, 0.2) is 36.0 Å². The Morgan fingerprint density at radius 2 is 2.00 bits per heavy atom. The molecule has 0 aromatic heterocycles. The van der Waals surface area contributed by atoms with Crippen molar-refractivity contribution in [3.63, 3.8) is 0 Å². The molecule has 1 atom stereocenters. The smallest absolute Gasteiger partial charge is 0.309 e. The first-order valence-corrected chi connectivity index (χ1v) is 6.37. The highest BCUT2D eigenvalue weighted by Gasteiger charge is 2.24. The molecule has 4 nitrogen and oxygen atoms in total. The lowest BCUT2D eigenvalue weighted by Gasteiger charge is -2.20. The summed E-state index contributed by atoms with van der Waals surface area (Å²) < 4.78 is 15.2. The van der Waals surface area contributed by atoms with Crippen LogP contribution in [0.5, 0.6) is 0 Å². The van der Waals surface area contributed by atoms with Gasteiger partial charge >= 0.3 is 5.97 Å². The van der Waals surface area contributed by atoms with Crippen LogP contribution in [0.2, 0.25) is 0 Å². The van der Waals surface area contributed by atoms with Gasteiger partial charge in [-0.3, -0.25) is 4.79 Å². The van der Waals surface area contributed by atoms with E-state index in [1.54, 1.807) is 14.2 Å². The highest BCUT2D eigenvalue weighted by molar-refractivity contribution is 5.72. The van der Waals surface area contributed by atoms with E-state index in [2.05, 4.69) is 12.2 Å². The quantitative estimate of drug-likeness (QED) is 0.525. The number of hydrogen-bond donors (Lipinski definition) is 0. The summed E-state index contributed by atoms with van der Waals surface area (Å²) in [7, 11) is 4.54. The standard InChI is InChI=1S/C15H22O4/c1-17-14(18-2)11-13(15(16)19-3)10-12-8-6-4-5-7-9-12/h4-6,8-9,13-14H,7,10-11H2,1-3H3. The lowest BCUT2D eigenvalue weighted by atomic mass is 9.95. The molecule has 1 aliphatic carbocycles. The van der Waals surface area contributed by atoms with E-state index < -0.39 is 6.29 Å². The van der Waals surface area contributed by atoms with Crippen LogP contribution in [-0.4, -0.2) is 33.6 Å². The number of hydrogen-bond acceptors (Lipinski definition) is 4. The van der Waals surface area contributed by atoms with Gasteiger partial charge in [-0.25, -0.2) is 0 Å². The molecule has 0 saturated carbocycles. The zero-order valence-electron chi connectivity index (χ0n) is 11.8. The minimum Gasteiger partial charge on any atom is -0.469 e. The monoisotopic (exact) mass is 266 g/mol. The zero-order chi connectivity index (χ0) is 14.1. The second-order valence-corrected chi connectivity index (χ2v) is 4.36. The minimum atomic E-state index is -0.391. The van der Waals surface area contributed by atoms with Crippen molar-refractivity contribution in [1.29, 1.82) is 0 Å². The summed E-state index contributed by atoms with van der Waals surface area (Å²) in [5.74, 6) is -0.491. The van der Waals surface area contributed by atoms with Crippen molar-refractivity contribution >= 4 is 5.97 Å². The first kappa shape index (κ1) is 15.7. The molecule has 1 rings (SSSR count). The first-order chi connectivity index (χ1) is 9.21. The van der Waals surface area contributed by atoms with Gasteiger partial charge in [-0.2, -0.15) is 0 Å². The van der Waals surface area contributed by atoms with Gasteiger partial charge in [-0.15, -0.1) is 0 Å². The largest absolute Gasteiger partial charge is 0.469 e. The second-order valence-electron chi connectivity index (χ2n) is 4.36. The highest BCUT2D eigenvalue weighted by atomic mass is 16.7. The molecule has 106 valence electrons. The Labute approximate surface area is 114 Å². The summed E-state index contributed by atoms with van der Waals surface area (Å²) in [5, 5.41) is 0. The maximum absolute atomic E-state index is 11.8. The first-order valence-electron chi connectivity index (χ1n) is 6.37. The molecule has 0 aliphatic heterocycles. The van der Waals surface area contributed by atoms with Crippen molar-refractivity contribution in [2.45, 2.75) is 25.6 Å². The van der Waals surface area contributed by atoms with Crippen molar-refractivity contribution in [2.24, 2.45) is 5.92 Å². The Morgan fingerprint density at radius 3 is 2.63 bits per heavy atom. The van der Waals surface area contributed by atoms with Crippen LogP contribution < -0.4 is 0 Å². The lowest BCUT2D eigenvalue weighted by Crippen LogP contribution is -2.25. The molecule has 0 spiro atoms. The fourth-order valence-corrected chi connectivity index (χ4v) is 2.01. The molecule has 19 heavy (non-hydrogen) atoms. The van der Waals surface area contributed by atoms with Crippen LogP contribution in [0.1, 0.15) is 19.3 Å². The van der Waals surface area contributed by atoms with Gasteiger partial charge in [-0.1, -0.05) is 36.0 Å². The van der Waals surface area contributed by atoms with Crippen LogP contribution in [-0.2, 0) is 19.0 Å². The molecule has 0 fully saturated rings. The van der Waals surface area contributed by atoms with Crippen LogP contribution >= 0.6 is 0 Å². The SMILES string of the molecule is COC(=O)C(CC1=CCC=CC=C1)CC(OC)OC. The summed E-state index contributed by atoms with van der Waals surface area (Å²) in [6, 6.07) is 0. The van der Waals surface area contributed by atoms with E-state index in [9.17, 15) is 4.79 Å². The molecule has 0 radical (unpaired) electrons. The Bertz CT molecular complexity index is 364. The van der Waals surface area contributed by atoms with Gasteiger partial charge in [0.25, 0.3) is 0 Å². The molecule has 0 heterocycles. The minimum absolute atomic E-state index is 0.231. The maximum atomic E-state index is 11.8. The van der Waals surface area contributed by atoms with E-state index in [1.165, 1.54) is 7.11 Å². The van der Waals surface area contributed by atoms with Crippen molar-refractivity contribution in [3.8, 4) is 0 Å². The Morgan fingerprint density at radius 1 is 1.26 bits per heavy atom. The van der Waals surface area contributed by atoms with E-state index in [1.807, 2.05) is 18.2 Å². The van der Waals surface area contributed by atoms with Crippen molar-refractivity contribution in [1.82, 2.24) is 0 Å². The third-order valence-electron chi connectivity index (χ3n) is 3.09. The molecule has 0 saturated heterocycles. The summed E-state index contributed by atoms with van der Waals surface area (Å²) in [6.07, 6.45) is 11.8. The Balaban J connectivity index is 2.69. The third kappa shape index (κ3) is 5.41. The van der Waals surface area contributed by atoms with Gasteiger partial charge in [-0.05, 0) is 12.8 Å². The molecule has 1 unspecified atom stereocenters. The zero-order valence-corrected chi connectivity index (χ0v) is 11.8. The lowest BCUT2D eigenvalue weighted by molar-refractivity contribution is -0.153. The summed E-state index contributed by atoms with van der Waals surface area (Å²) in [5.41, 5.74) is 1.13. The normalized spacial score (nSPS) is 16.1. The van der Waals surface area contributed by atoms with Crippen LogP contribution in [0.3, 0.4) is 0 Å². The number of allylic oxidation sites excluding steroid dienone is 6. The molecule has 0 aromatic rings. The molecule has 0 N–H and O–H groups in total. The average Bonchev–Trinajstić information content (AvgIpc) is 2.71. The molecule has 0 amide bonds. The average molecular weight is 266 g/mol. The van der Waals surface area contributed by atoms with E-state index in [-0.39, 0.29) is 11.9 Å². The number of carbonyl (C=O) groups is 1. The Hall–Kier alpha value is -1.39. The molecular formula is C15H22O4. The number of rotatable bonds is 7. The van der Waals surface area contributed by atoms with Crippen LogP contribution in [0, 0.1) is 5.92 Å². The molecule has 1 aliphatic rings. The summed E-state index contributed by atoms with van der Waals surface area (Å²) >= 11 is 0. The van der Waals surface area contributed by atoms with Gasteiger partial charge in [0.05, 0.1) is 13.0 Å². The van der Waals surface area contributed by atoms with E-state index in [0.29, 0.717) is 12.8 Å². The fourth-order valence-electron chi connectivity index (χ4n) is 2.01. The predicted octanol–water partition coefficient (Wildman–Crippen LogP) is 2.62. The second kappa shape index (κ2) is 8.67. The maximum Gasteiger partial charge on any atom is 0.309 e. The highest BCUT2D eigenvalue weighted by Crippen LogP contribution is 2.22. The van der Waals surface area contributed by atoms with E-state index in [4.69, 9.17) is 14.2 Å². The number of ether oxygens (including phenoxy) is 3. The predicted molar refractivity (Wildman–Crippen MR) is 73.5 cm³/mol. The molecule has 4 heteroatoms. The van der Waals surface area contributed by atoms with Gasteiger partial charge in [0.1, 0.15) is 0 Å². The van der Waals surface area contributed by atoms with E-state index >= 15 is 0 Å². The van der Waals surface area contributed by atoms with Gasteiger partial charge in [0.15, 0.2) is 6.29 Å². The van der Waals surface area contributed by atoms with E-state index in [0.717, 1.165) is 12.0 Å². The van der Waals surface area contributed by atoms with Crippen LogP contribution in [0.4, 0.5) is 0 Å². The van der Waals surface area contributed by atoms with Crippen molar-refractivity contribution in [3.05, 3.63) is 36.0 Å². The number of carbonyl (C=O) groups excluding carboxylic acids is 1. The number of esters is 1. The van der Waals surface area contributed by atoms with Gasteiger partial charge in [0, 0.05) is 20.6 Å². The summed E-state index contributed by atoms with van der Waals surface area (Å²) in [6.45, 7) is 0. The molecular weight excluding hydrogens is 244 g/mol. The van der Waals surface area contributed by atoms with Crippen LogP contribution in [0.25, 0.3) is 0 Å². The summed E-state index contributed by atoms with van der Waals surface area (Å²) in [4.78, 5) is 11.8. The third-order valence-corrected chi connectivity index (χ3v) is 3.09. The molecule has 0 aromatic carbocycles. The van der Waals surface area contributed by atoms with Gasteiger partial charge in [0.2, 0.25) is 0 Å². The molecule has 0 bridgehead atoms. The van der Waals surface area contributed by atoms with Crippen molar-refractivity contribution < 1.29 is 19.0 Å². The topological polar surface area (TPSA) is 44.8 Å².